The third kappa shape index (κ3) is 3.72. The molecule has 0 aliphatic rings. The molecule has 1 aromatic rings. The van der Waals surface area contributed by atoms with Gasteiger partial charge >= 0.3 is 0 Å². The summed E-state index contributed by atoms with van der Waals surface area (Å²) in [6.07, 6.45) is 0.645. The van der Waals surface area contributed by atoms with Crippen LogP contribution >= 0.6 is 0 Å². The Bertz CT molecular complexity index is 350. The van der Waals surface area contributed by atoms with Gasteiger partial charge in [-0.25, -0.2) is 0 Å². The zero-order valence-electron chi connectivity index (χ0n) is 9.70. The SMILES string of the molecule is CC(C)(CCO)NCc1ccc(O)cc1O. The zero-order chi connectivity index (χ0) is 12.2. The number of aliphatic hydroxyl groups is 1. The lowest BCUT2D eigenvalue weighted by Gasteiger charge is -2.25. The monoisotopic (exact) mass is 225 g/mol. The van der Waals surface area contributed by atoms with Gasteiger partial charge in [0.05, 0.1) is 0 Å². The first-order valence-electron chi connectivity index (χ1n) is 5.31. The highest BCUT2D eigenvalue weighted by Gasteiger charge is 2.16. The minimum absolute atomic E-state index is 0.0517. The molecule has 0 fully saturated rings. The summed E-state index contributed by atoms with van der Waals surface area (Å²) in [5, 5.41) is 30.8. The average Bonchev–Trinajstić information content (AvgIpc) is 2.16. The van der Waals surface area contributed by atoms with Crippen molar-refractivity contribution in [3.8, 4) is 11.5 Å². The summed E-state index contributed by atoms with van der Waals surface area (Å²) >= 11 is 0. The van der Waals surface area contributed by atoms with E-state index in [2.05, 4.69) is 5.32 Å². The minimum Gasteiger partial charge on any atom is -0.508 e. The molecule has 4 nitrogen and oxygen atoms in total. The number of nitrogens with one attached hydrogen (secondary N) is 1. The quantitative estimate of drug-likeness (QED) is 0.610. The second-order valence-electron chi connectivity index (χ2n) is 4.52. The summed E-state index contributed by atoms with van der Waals surface area (Å²) in [7, 11) is 0. The number of rotatable bonds is 5. The second kappa shape index (κ2) is 5.18. The van der Waals surface area contributed by atoms with Crippen LogP contribution in [0.5, 0.6) is 11.5 Å². The molecule has 0 saturated carbocycles. The van der Waals surface area contributed by atoms with E-state index in [0.717, 1.165) is 5.56 Å². The van der Waals surface area contributed by atoms with Gasteiger partial charge in [0.25, 0.3) is 0 Å². The molecule has 16 heavy (non-hydrogen) atoms. The number of aliphatic hydroxyl groups excluding tert-OH is 1. The van der Waals surface area contributed by atoms with E-state index in [1.54, 1.807) is 6.07 Å². The van der Waals surface area contributed by atoms with E-state index in [4.69, 9.17) is 10.2 Å². The van der Waals surface area contributed by atoms with Gasteiger partial charge in [0, 0.05) is 30.3 Å². The highest BCUT2D eigenvalue weighted by atomic mass is 16.3. The predicted octanol–water partition coefficient (Wildman–Crippen LogP) is 1.35. The Labute approximate surface area is 95.6 Å². The highest BCUT2D eigenvalue weighted by molar-refractivity contribution is 5.38. The average molecular weight is 225 g/mol. The van der Waals surface area contributed by atoms with Crippen molar-refractivity contribution in [1.29, 1.82) is 0 Å². The van der Waals surface area contributed by atoms with Gasteiger partial charge in [0.15, 0.2) is 0 Å². The standard InChI is InChI=1S/C12H19NO3/c1-12(2,5-6-14)13-8-9-3-4-10(15)7-11(9)16/h3-4,7,13-16H,5-6,8H2,1-2H3. The maximum absolute atomic E-state index is 9.57. The number of hydrogen-bond acceptors (Lipinski definition) is 4. The van der Waals surface area contributed by atoms with Crippen molar-refractivity contribution < 1.29 is 15.3 Å². The molecule has 0 unspecified atom stereocenters. The van der Waals surface area contributed by atoms with Crippen LogP contribution in [0.25, 0.3) is 0 Å². The molecule has 90 valence electrons. The smallest absolute Gasteiger partial charge is 0.123 e. The fourth-order valence-electron chi connectivity index (χ4n) is 1.40. The Morgan fingerprint density at radius 3 is 2.50 bits per heavy atom. The molecule has 4 N–H and O–H groups in total. The first-order valence-corrected chi connectivity index (χ1v) is 5.31. The Hall–Kier alpha value is -1.26. The van der Waals surface area contributed by atoms with Crippen molar-refractivity contribution in [1.82, 2.24) is 5.32 Å². The molecule has 0 bridgehead atoms. The summed E-state index contributed by atoms with van der Waals surface area (Å²) in [6.45, 7) is 4.60. The molecule has 4 heteroatoms. The Morgan fingerprint density at radius 2 is 1.94 bits per heavy atom. The molecule has 0 aliphatic heterocycles. The molecule has 1 aromatic carbocycles. The fraction of sp³-hybridized carbons (Fsp3) is 0.500. The van der Waals surface area contributed by atoms with E-state index in [0.29, 0.717) is 13.0 Å². The van der Waals surface area contributed by atoms with E-state index in [-0.39, 0.29) is 23.6 Å². The lowest BCUT2D eigenvalue weighted by Crippen LogP contribution is -2.39. The molecular formula is C12H19NO3. The third-order valence-corrected chi connectivity index (χ3v) is 2.56. The Kier molecular flexibility index (Phi) is 4.15. The highest BCUT2D eigenvalue weighted by Crippen LogP contribution is 2.23. The zero-order valence-corrected chi connectivity index (χ0v) is 9.70. The molecular weight excluding hydrogens is 206 g/mol. The van der Waals surface area contributed by atoms with Gasteiger partial charge in [0.2, 0.25) is 0 Å². The van der Waals surface area contributed by atoms with Gasteiger partial charge in [-0.15, -0.1) is 0 Å². The molecule has 1 rings (SSSR count). The summed E-state index contributed by atoms with van der Waals surface area (Å²) < 4.78 is 0. The van der Waals surface area contributed by atoms with Crippen LogP contribution in [-0.4, -0.2) is 27.5 Å². The van der Waals surface area contributed by atoms with E-state index in [9.17, 15) is 5.11 Å². The van der Waals surface area contributed by atoms with Crippen LogP contribution in [0.2, 0.25) is 0 Å². The van der Waals surface area contributed by atoms with E-state index in [1.165, 1.54) is 12.1 Å². The predicted molar refractivity (Wildman–Crippen MR) is 62.4 cm³/mol. The third-order valence-electron chi connectivity index (χ3n) is 2.56. The topological polar surface area (TPSA) is 72.7 Å². The van der Waals surface area contributed by atoms with Crippen LogP contribution in [0.4, 0.5) is 0 Å². The van der Waals surface area contributed by atoms with Crippen LogP contribution in [0.15, 0.2) is 18.2 Å². The lowest BCUT2D eigenvalue weighted by molar-refractivity contribution is 0.229. The number of hydrogen-bond donors (Lipinski definition) is 4. The van der Waals surface area contributed by atoms with Gasteiger partial charge in [0.1, 0.15) is 11.5 Å². The van der Waals surface area contributed by atoms with Crippen LogP contribution < -0.4 is 5.32 Å². The first-order chi connectivity index (χ1) is 7.44. The van der Waals surface area contributed by atoms with Crippen molar-refractivity contribution in [2.24, 2.45) is 0 Å². The van der Waals surface area contributed by atoms with Crippen LogP contribution in [0.3, 0.4) is 0 Å². The minimum atomic E-state index is -0.181. The molecule has 0 atom stereocenters. The maximum atomic E-state index is 9.57. The van der Waals surface area contributed by atoms with Gasteiger partial charge in [-0.1, -0.05) is 6.07 Å². The van der Waals surface area contributed by atoms with Gasteiger partial charge in [-0.05, 0) is 26.3 Å². The van der Waals surface area contributed by atoms with Crippen molar-refractivity contribution in [3.05, 3.63) is 23.8 Å². The number of phenols is 2. The molecule has 0 aromatic heterocycles. The molecule has 0 spiro atoms. The molecule has 0 amide bonds. The van der Waals surface area contributed by atoms with E-state index in [1.807, 2.05) is 13.8 Å². The summed E-state index contributed by atoms with van der Waals surface area (Å²) in [5.74, 6) is 0.128. The van der Waals surface area contributed by atoms with E-state index < -0.39 is 0 Å². The fourth-order valence-corrected chi connectivity index (χ4v) is 1.40. The van der Waals surface area contributed by atoms with Crippen LogP contribution in [0.1, 0.15) is 25.8 Å². The van der Waals surface area contributed by atoms with Crippen molar-refractivity contribution in [2.75, 3.05) is 6.61 Å². The maximum Gasteiger partial charge on any atom is 0.123 e. The van der Waals surface area contributed by atoms with Gasteiger partial charge in [-0.2, -0.15) is 0 Å². The number of aromatic hydroxyl groups is 2. The van der Waals surface area contributed by atoms with Crippen molar-refractivity contribution in [2.45, 2.75) is 32.4 Å². The molecule has 0 radical (unpaired) electrons. The Morgan fingerprint density at radius 1 is 1.25 bits per heavy atom. The molecule has 0 saturated heterocycles. The summed E-state index contributed by atoms with van der Waals surface area (Å²) in [5.41, 5.74) is 0.544. The van der Waals surface area contributed by atoms with Gasteiger partial charge < -0.3 is 20.6 Å². The lowest BCUT2D eigenvalue weighted by atomic mass is 10.0. The molecule has 0 aliphatic carbocycles. The number of phenolic OH excluding ortho intramolecular Hbond substituents is 2. The van der Waals surface area contributed by atoms with Crippen molar-refractivity contribution >= 4 is 0 Å². The largest absolute Gasteiger partial charge is 0.508 e. The number of benzene rings is 1. The van der Waals surface area contributed by atoms with Gasteiger partial charge in [-0.3, -0.25) is 0 Å². The molecule has 0 heterocycles. The van der Waals surface area contributed by atoms with Crippen LogP contribution in [0, 0.1) is 0 Å². The summed E-state index contributed by atoms with van der Waals surface area (Å²) in [4.78, 5) is 0. The Balaban J connectivity index is 2.61. The van der Waals surface area contributed by atoms with Crippen molar-refractivity contribution in [3.63, 3.8) is 0 Å². The normalized spacial score (nSPS) is 11.7. The summed E-state index contributed by atoms with van der Waals surface area (Å²) in [6, 6.07) is 4.53. The van der Waals surface area contributed by atoms with E-state index >= 15 is 0 Å². The second-order valence-corrected chi connectivity index (χ2v) is 4.52. The first kappa shape index (κ1) is 12.8. The van der Waals surface area contributed by atoms with Crippen LogP contribution in [-0.2, 0) is 6.54 Å².